The Morgan fingerprint density at radius 1 is 1.47 bits per heavy atom. The Morgan fingerprint density at radius 3 is 2.68 bits per heavy atom. The van der Waals surface area contributed by atoms with E-state index in [0.29, 0.717) is 6.54 Å². The molecule has 2 unspecified atom stereocenters. The maximum absolute atomic E-state index is 13.6. The van der Waals surface area contributed by atoms with Crippen molar-refractivity contribution >= 4 is 5.91 Å². The number of amides is 1. The third kappa shape index (κ3) is 4.00. The van der Waals surface area contributed by atoms with Gasteiger partial charge in [0.05, 0.1) is 11.7 Å². The molecule has 1 aromatic rings. The first-order valence-electron chi connectivity index (χ1n) is 5.93. The van der Waals surface area contributed by atoms with Gasteiger partial charge in [-0.2, -0.15) is 0 Å². The van der Waals surface area contributed by atoms with Crippen LogP contribution < -0.4 is 5.32 Å². The van der Waals surface area contributed by atoms with Crippen LogP contribution in [0.25, 0.3) is 0 Å². The van der Waals surface area contributed by atoms with E-state index in [4.69, 9.17) is 14.0 Å². The minimum Gasteiger partial charge on any atom is -0.380 e. The average molecular weight is 274 g/mol. The SMILES string of the molecule is COCc1onc(C(=O)NCC(C)OC)c1C(C)F. The molecule has 2 atom stereocenters. The molecule has 0 aliphatic heterocycles. The van der Waals surface area contributed by atoms with Crippen molar-refractivity contribution in [2.45, 2.75) is 32.7 Å². The van der Waals surface area contributed by atoms with Crippen molar-refractivity contribution in [2.75, 3.05) is 20.8 Å². The van der Waals surface area contributed by atoms with Gasteiger partial charge in [-0.15, -0.1) is 0 Å². The number of ether oxygens (including phenoxy) is 2. The first-order valence-corrected chi connectivity index (χ1v) is 5.93. The number of alkyl halides is 1. The molecule has 0 radical (unpaired) electrons. The summed E-state index contributed by atoms with van der Waals surface area (Å²) in [4.78, 5) is 11.9. The number of nitrogens with one attached hydrogen (secondary N) is 1. The average Bonchev–Trinajstić information content (AvgIpc) is 2.79. The van der Waals surface area contributed by atoms with Crippen LogP contribution in [0.1, 0.15) is 41.8 Å². The first kappa shape index (κ1) is 15.6. The molecule has 6 nitrogen and oxygen atoms in total. The van der Waals surface area contributed by atoms with Gasteiger partial charge in [0.1, 0.15) is 12.8 Å². The Kier molecular flexibility index (Phi) is 5.91. The van der Waals surface area contributed by atoms with Crippen molar-refractivity contribution in [3.05, 3.63) is 17.0 Å². The van der Waals surface area contributed by atoms with E-state index in [1.54, 1.807) is 14.0 Å². The highest BCUT2D eigenvalue weighted by molar-refractivity contribution is 5.93. The van der Waals surface area contributed by atoms with Gasteiger partial charge < -0.3 is 19.3 Å². The number of nitrogens with zero attached hydrogens (tertiary/aromatic N) is 1. The van der Waals surface area contributed by atoms with Crippen LogP contribution in [0.2, 0.25) is 0 Å². The summed E-state index contributed by atoms with van der Waals surface area (Å²) in [5, 5.41) is 6.22. The van der Waals surface area contributed by atoms with Crippen molar-refractivity contribution in [2.24, 2.45) is 0 Å². The molecule has 0 aliphatic rings. The topological polar surface area (TPSA) is 73.6 Å². The Balaban J connectivity index is 2.84. The summed E-state index contributed by atoms with van der Waals surface area (Å²) < 4.78 is 28.4. The highest BCUT2D eigenvalue weighted by Crippen LogP contribution is 2.25. The number of rotatable bonds is 7. The second-order valence-corrected chi connectivity index (χ2v) is 4.17. The number of hydrogen-bond donors (Lipinski definition) is 1. The Morgan fingerprint density at radius 2 is 2.16 bits per heavy atom. The van der Waals surface area contributed by atoms with Crippen LogP contribution in [0, 0.1) is 0 Å². The van der Waals surface area contributed by atoms with Crippen LogP contribution in [0.4, 0.5) is 4.39 Å². The lowest BCUT2D eigenvalue weighted by molar-refractivity contribution is 0.0860. The predicted molar refractivity (Wildman–Crippen MR) is 65.5 cm³/mol. The van der Waals surface area contributed by atoms with Crippen LogP contribution in [0.15, 0.2) is 4.52 Å². The van der Waals surface area contributed by atoms with E-state index in [1.165, 1.54) is 14.0 Å². The van der Waals surface area contributed by atoms with Crippen molar-refractivity contribution < 1.29 is 23.2 Å². The minimum atomic E-state index is -1.36. The molecule has 0 fully saturated rings. The fourth-order valence-corrected chi connectivity index (χ4v) is 1.54. The monoisotopic (exact) mass is 274 g/mol. The minimum absolute atomic E-state index is 0.0506. The lowest BCUT2D eigenvalue weighted by atomic mass is 10.1. The summed E-state index contributed by atoms with van der Waals surface area (Å²) in [6, 6.07) is 0. The molecule has 0 aromatic carbocycles. The molecule has 1 amide bonds. The van der Waals surface area contributed by atoms with E-state index in [0.717, 1.165) is 0 Å². The van der Waals surface area contributed by atoms with E-state index >= 15 is 0 Å². The van der Waals surface area contributed by atoms with Gasteiger partial charge in [-0.05, 0) is 13.8 Å². The molecule has 0 bridgehead atoms. The largest absolute Gasteiger partial charge is 0.380 e. The highest BCUT2D eigenvalue weighted by Gasteiger charge is 2.26. The van der Waals surface area contributed by atoms with Gasteiger partial charge >= 0.3 is 0 Å². The molecule has 1 N–H and O–H groups in total. The molecular weight excluding hydrogens is 255 g/mol. The third-order valence-corrected chi connectivity index (χ3v) is 2.64. The maximum atomic E-state index is 13.6. The van der Waals surface area contributed by atoms with Crippen LogP contribution >= 0.6 is 0 Å². The molecular formula is C12H19FN2O4. The lowest BCUT2D eigenvalue weighted by Crippen LogP contribution is -2.32. The zero-order valence-corrected chi connectivity index (χ0v) is 11.5. The lowest BCUT2D eigenvalue weighted by Gasteiger charge is -2.10. The summed E-state index contributed by atoms with van der Waals surface area (Å²) in [7, 11) is 2.99. The van der Waals surface area contributed by atoms with Gasteiger partial charge in [-0.1, -0.05) is 5.16 Å². The first-order chi connectivity index (χ1) is 9.01. The second-order valence-electron chi connectivity index (χ2n) is 4.17. The fraction of sp³-hybridized carbons (Fsp3) is 0.667. The zero-order chi connectivity index (χ0) is 14.4. The smallest absolute Gasteiger partial charge is 0.273 e. The van der Waals surface area contributed by atoms with Crippen LogP contribution in [-0.2, 0) is 16.1 Å². The fourth-order valence-electron chi connectivity index (χ4n) is 1.54. The van der Waals surface area contributed by atoms with Gasteiger partial charge in [0, 0.05) is 20.8 Å². The molecule has 0 saturated heterocycles. The Labute approximate surface area is 111 Å². The Bertz CT molecular complexity index is 420. The predicted octanol–water partition coefficient (Wildman–Crippen LogP) is 1.62. The van der Waals surface area contributed by atoms with Crippen molar-refractivity contribution in [1.82, 2.24) is 10.5 Å². The molecule has 7 heteroatoms. The van der Waals surface area contributed by atoms with Crippen molar-refractivity contribution in [1.29, 1.82) is 0 Å². The molecule has 1 aromatic heterocycles. The van der Waals surface area contributed by atoms with Crippen molar-refractivity contribution in [3.63, 3.8) is 0 Å². The summed E-state index contributed by atoms with van der Waals surface area (Å²) in [5.74, 6) is -0.267. The molecule has 1 heterocycles. The number of halogens is 1. The summed E-state index contributed by atoms with van der Waals surface area (Å²) in [6.07, 6.45) is -1.50. The summed E-state index contributed by atoms with van der Waals surface area (Å²) in [5.41, 5.74) is 0.0785. The van der Waals surface area contributed by atoms with Gasteiger partial charge in [0.15, 0.2) is 11.5 Å². The Hall–Kier alpha value is -1.47. The van der Waals surface area contributed by atoms with E-state index in [1.807, 2.05) is 0 Å². The summed E-state index contributed by atoms with van der Waals surface area (Å²) >= 11 is 0. The molecule has 0 spiro atoms. The van der Waals surface area contributed by atoms with E-state index in [9.17, 15) is 9.18 Å². The third-order valence-electron chi connectivity index (χ3n) is 2.64. The van der Waals surface area contributed by atoms with E-state index in [2.05, 4.69) is 10.5 Å². The van der Waals surface area contributed by atoms with Gasteiger partial charge in [-0.3, -0.25) is 4.79 Å². The molecule has 0 saturated carbocycles. The second kappa shape index (κ2) is 7.20. The number of methoxy groups -OCH3 is 2. The molecule has 1 rings (SSSR count). The van der Waals surface area contributed by atoms with Crippen molar-refractivity contribution in [3.8, 4) is 0 Å². The number of hydrogen-bond acceptors (Lipinski definition) is 5. The molecule has 0 aliphatic carbocycles. The number of carbonyl (C=O) groups is 1. The highest BCUT2D eigenvalue weighted by atomic mass is 19.1. The molecule has 19 heavy (non-hydrogen) atoms. The standard InChI is InChI=1S/C12H19FN2O4/c1-7(18-4)5-14-12(16)11-10(8(2)13)9(6-17-3)19-15-11/h7-8H,5-6H2,1-4H3,(H,14,16). The zero-order valence-electron chi connectivity index (χ0n) is 11.5. The van der Waals surface area contributed by atoms with Crippen LogP contribution in [-0.4, -0.2) is 37.9 Å². The maximum Gasteiger partial charge on any atom is 0.273 e. The summed E-state index contributed by atoms with van der Waals surface area (Å²) in [6.45, 7) is 3.50. The van der Waals surface area contributed by atoms with E-state index in [-0.39, 0.29) is 29.7 Å². The number of aromatic nitrogens is 1. The van der Waals surface area contributed by atoms with Crippen LogP contribution in [0.5, 0.6) is 0 Å². The van der Waals surface area contributed by atoms with Gasteiger partial charge in [0.25, 0.3) is 5.91 Å². The van der Waals surface area contributed by atoms with Gasteiger partial charge in [0.2, 0.25) is 0 Å². The molecule has 108 valence electrons. The normalized spacial score (nSPS) is 14.2. The van der Waals surface area contributed by atoms with Crippen LogP contribution in [0.3, 0.4) is 0 Å². The van der Waals surface area contributed by atoms with Gasteiger partial charge in [-0.25, -0.2) is 4.39 Å². The quantitative estimate of drug-likeness (QED) is 0.817. The number of carbonyl (C=O) groups excluding carboxylic acids is 1. The van der Waals surface area contributed by atoms with E-state index < -0.39 is 12.1 Å².